The molecule has 2 amide bonds. The van der Waals surface area contributed by atoms with Crippen molar-refractivity contribution in [3.05, 3.63) is 100 Å². The lowest BCUT2D eigenvalue weighted by Gasteiger charge is -2.31. The minimum Gasteiger partial charge on any atom is -0.484 e. The van der Waals surface area contributed by atoms with Crippen LogP contribution in [0.3, 0.4) is 0 Å². The highest BCUT2D eigenvalue weighted by molar-refractivity contribution is 9.10. The van der Waals surface area contributed by atoms with Crippen molar-refractivity contribution in [3.8, 4) is 5.75 Å². The van der Waals surface area contributed by atoms with Gasteiger partial charge in [0.2, 0.25) is 5.91 Å². The standard InChI is InChI=1S/C30H35BrN2O3/c1-3-5-18-32-30(35)28(20-24-10-7-6-8-11-24)33(21-25-12-9-13-26(31)19-25)29(34)22-36-27-16-14-23(4-2)15-17-27/h6-17,19,28H,3-5,18,20-22H2,1-2H3,(H,32,35)/t28-/m0/s1. The monoisotopic (exact) mass is 550 g/mol. The fourth-order valence-corrected chi connectivity index (χ4v) is 4.39. The summed E-state index contributed by atoms with van der Waals surface area (Å²) in [7, 11) is 0. The van der Waals surface area contributed by atoms with Crippen molar-refractivity contribution >= 4 is 27.7 Å². The molecule has 36 heavy (non-hydrogen) atoms. The number of rotatable bonds is 13. The lowest BCUT2D eigenvalue weighted by molar-refractivity contribution is -0.142. The fourth-order valence-electron chi connectivity index (χ4n) is 3.94. The fraction of sp³-hybridized carbons (Fsp3) is 0.333. The topological polar surface area (TPSA) is 58.6 Å². The Morgan fingerprint density at radius 3 is 2.31 bits per heavy atom. The molecule has 3 rings (SSSR count). The van der Waals surface area contributed by atoms with E-state index < -0.39 is 6.04 Å². The highest BCUT2D eigenvalue weighted by atomic mass is 79.9. The van der Waals surface area contributed by atoms with Crippen LogP contribution in [-0.2, 0) is 29.0 Å². The summed E-state index contributed by atoms with van der Waals surface area (Å²) in [5.74, 6) is 0.249. The molecule has 1 N–H and O–H groups in total. The molecule has 0 aliphatic rings. The number of carbonyl (C=O) groups is 2. The zero-order valence-electron chi connectivity index (χ0n) is 21.1. The summed E-state index contributed by atoms with van der Waals surface area (Å²) < 4.78 is 6.78. The van der Waals surface area contributed by atoms with Crippen molar-refractivity contribution in [1.29, 1.82) is 0 Å². The normalized spacial score (nSPS) is 11.5. The smallest absolute Gasteiger partial charge is 0.261 e. The number of carbonyl (C=O) groups excluding carboxylic acids is 2. The molecule has 1 atom stereocenters. The summed E-state index contributed by atoms with van der Waals surface area (Å²) in [5.41, 5.74) is 3.14. The number of hydrogen-bond donors (Lipinski definition) is 1. The first-order valence-electron chi connectivity index (χ1n) is 12.6. The van der Waals surface area contributed by atoms with Gasteiger partial charge in [-0.3, -0.25) is 9.59 Å². The van der Waals surface area contributed by atoms with Crippen LogP contribution in [0.15, 0.2) is 83.3 Å². The number of nitrogens with one attached hydrogen (secondary N) is 1. The van der Waals surface area contributed by atoms with Crippen molar-refractivity contribution < 1.29 is 14.3 Å². The van der Waals surface area contributed by atoms with Gasteiger partial charge in [0.25, 0.3) is 5.91 Å². The quantitative estimate of drug-likeness (QED) is 0.267. The third kappa shape index (κ3) is 8.52. The van der Waals surface area contributed by atoms with E-state index >= 15 is 0 Å². The molecule has 5 nitrogen and oxygen atoms in total. The molecule has 0 aliphatic carbocycles. The molecule has 0 saturated heterocycles. The van der Waals surface area contributed by atoms with Crippen LogP contribution >= 0.6 is 15.9 Å². The molecule has 0 fully saturated rings. The van der Waals surface area contributed by atoms with E-state index in [9.17, 15) is 9.59 Å². The van der Waals surface area contributed by atoms with E-state index in [-0.39, 0.29) is 18.4 Å². The van der Waals surface area contributed by atoms with E-state index in [4.69, 9.17) is 4.74 Å². The van der Waals surface area contributed by atoms with Crippen LogP contribution in [0.4, 0.5) is 0 Å². The Balaban J connectivity index is 1.86. The van der Waals surface area contributed by atoms with Gasteiger partial charge in [-0.1, -0.05) is 90.8 Å². The second-order valence-electron chi connectivity index (χ2n) is 8.79. The van der Waals surface area contributed by atoms with Gasteiger partial charge in [0.15, 0.2) is 6.61 Å². The number of ether oxygens (including phenoxy) is 1. The predicted molar refractivity (Wildman–Crippen MR) is 148 cm³/mol. The maximum atomic E-state index is 13.6. The van der Waals surface area contributed by atoms with Gasteiger partial charge >= 0.3 is 0 Å². The largest absolute Gasteiger partial charge is 0.484 e. The number of unbranched alkanes of at least 4 members (excludes halogenated alkanes) is 1. The van der Waals surface area contributed by atoms with Crippen LogP contribution < -0.4 is 10.1 Å². The lowest BCUT2D eigenvalue weighted by Crippen LogP contribution is -2.51. The van der Waals surface area contributed by atoms with Crippen molar-refractivity contribution in [2.45, 2.75) is 52.1 Å². The zero-order chi connectivity index (χ0) is 25.8. The van der Waals surface area contributed by atoms with Crippen LogP contribution in [0.2, 0.25) is 0 Å². The number of hydrogen-bond acceptors (Lipinski definition) is 3. The Labute approximate surface area is 223 Å². The highest BCUT2D eigenvalue weighted by Gasteiger charge is 2.30. The second kappa shape index (κ2) is 14.4. The zero-order valence-corrected chi connectivity index (χ0v) is 22.7. The molecule has 3 aromatic carbocycles. The molecular weight excluding hydrogens is 516 g/mol. The van der Waals surface area contributed by atoms with Gasteiger partial charge in [-0.05, 0) is 53.8 Å². The second-order valence-corrected chi connectivity index (χ2v) is 9.70. The van der Waals surface area contributed by atoms with E-state index in [0.29, 0.717) is 25.3 Å². The molecule has 0 unspecified atom stereocenters. The summed E-state index contributed by atoms with van der Waals surface area (Å²) in [6.45, 7) is 4.92. The molecule has 190 valence electrons. The number of nitrogens with zero attached hydrogens (tertiary/aromatic N) is 1. The van der Waals surface area contributed by atoms with Gasteiger partial charge in [0.1, 0.15) is 11.8 Å². The van der Waals surface area contributed by atoms with Crippen molar-refractivity contribution in [3.63, 3.8) is 0 Å². The van der Waals surface area contributed by atoms with E-state index in [1.807, 2.05) is 78.9 Å². The Kier molecular flexibility index (Phi) is 11.0. The minimum absolute atomic E-state index is 0.146. The van der Waals surface area contributed by atoms with E-state index in [0.717, 1.165) is 34.9 Å². The number of amides is 2. The molecule has 0 heterocycles. The summed E-state index contributed by atoms with van der Waals surface area (Å²) in [6.07, 6.45) is 3.23. The Hall–Kier alpha value is -3.12. The predicted octanol–water partition coefficient (Wildman–Crippen LogP) is 5.95. The van der Waals surface area contributed by atoms with Crippen LogP contribution in [0, 0.1) is 0 Å². The average Bonchev–Trinajstić information content (AvgIpc) is 2.90. The van der Waals surface area contributed by atoms with Crippen molar-refractivity contribution in [1.82, 2.24) is 10.2 Å². The lowest BCUT2D eigenvalue weighted by atomic mass is 10.0. The van der Waals surface area contributed by atoms with Crippen LogP contribution in [-0.4, -0.2) is 35.9 Å². The average molecular weight is 552 g/mol. The summed E-state index contributed by atoms with van der Waals surface area (Å²) >= 11 is 3.52. The van der Waals surface area contributed by atoms with Gasteiger partial charge in [-0.2, -0.15) is 0 Å². The van der Waals surface area contributed by atoms with Gasteiger partial charge in [0, 0.05) is 24.0 Å². The molecule has 0 bridgehead atoms. The Morgan fingerprint density at radius 1 is 0.917 bits per heavy atom. The molecule has 0 saturated carbocycles. The van der Waals surface area contributed by atoms with Crippen molar-refractivity contribution in [2.75, 3.05) is 13.2 Å². The van der Waals surface area contributed by atoms with E-state index in [2.05, 4.69) is 35.1 Å². The molecule has 6 heteroatoms. The van der Waals surface area contributed by atoms with Gasteiger partial charge in [0.05, 0.1) is 0 Å². The third-order valence-electron chi connectivity index (χ3n) is 6.04. The Bertz CT molecular complexity index is 1100. The first kappa shape index (κ1) is 27.5. The number of aryl methyl sites for hydroxylation is 1. The molecular formula is C30H35BrN2O3. The number of halogens is 1. The first-order chi connectivity index (χ1) is 17.5. The maximum absolute atomic E-state index is 13.6. The number of benzene rings is 3. The van der Waals surface area contributed by atoms with E-state index in [1.54, 1.807) is 4.90 Å². The van der Waals surface area contributed by atoms with Crippen molar-refractivity contribution in [2.24, 2.45) is 0 Å². The van der Waals surface area contributed by atoms with Crippen LogP contribution in [0.5, 0.6) is 5.75 Å². The summed E-state index contributed by atoms with van der Waals surface area (Å²) in [6, 6.07) is 24.7. The van der Waals surface area contributed by atoms with Crippen LogP contribution in [0.1, 0.15) is 43.4 Å². The summed E-state index contributed by atoms with van der Waals surface area (Å²) in [5, 5.41) is 3.04. The van der Waals surface area contributed by atoms with Gasteiger partial charge in [-0.15, -0.1) is 0 Å². The first-order valence-corrected chi connectivity index (χ1v) is 13.4. The third-order valence-corrected chi connectivity index (χ3v) is 6.53. The Morgan fingerprint density at radius 2 is 1.64 bits per heavy atom. The molecule has 0 aromatic heterocycles. The van der Waals surface area contributed by atoms with Gasteiger partial charge < -0.3 is 15.0 Å². The van der Waals surface area contributed by atoms with E-state index in [1.165, 1.54) is 5.56 Å². The minimum atomic E-state index is -0.665. The molecule has 0 aliphatic heterocycles. The van der Waals surface area contributed by atoms with Crippen LogP contribution in [0.25, 0.3) is 0 Å². The molecule has 0 radical (unpaired) electrons. The van der Waals surface area contributed by atoms with Gasteiger partial charge in [-0.25, -0.2) is 0 Å². The highest BCUT2D eigenvalue weighted by Crippen LogP contribution is 2.19. The molecule has 0 spiro atoms. The maximum Gasteiger partial charge on any atom is 0.261 e. The summed E-state index contributed by atoms with van der Waals surface area (Å²) in [4.78, 5) is 28.7. The molecule has 3 aromatic rings. The SMILES string of the molecule is CCCCNC(=O)[C@H](Cc1ccccc1)N(Cc1cccc(Br)c1)C(=O)COc1ccc(CC)cc1.